The van der Waals surface area contributed by atoms with E-state index in [0.29, 0.717) is 5.92 Å². The zero-order valence-corrected chi connectivity index (χ0v) is 11.8. The molecule has 0 unspecified atom stereocenters. The predicted octanol–water partition coefficient (Wildman–Crippen LogP) is 3.81. The maximum absolute atomic E-state index is 5.96. The summed E-state index contributed by atoms with van der Waals surface area (Å²) < 4.78 is 11.2. The van der Waals surface area contributed by atoms with Crippen molar-refractivity contribution in [2.24, 2.45) is 0 Å². The largest absolute Gasteiger partial charge is 0.497 e. The van der Waals surface area contributed by atoms with E-state index in [2.05, 4.69) is 42.5 Å². The molecule has 1 aliphatic rings. The van der Waals surface area contributed by atoms with Gasteiger partial charge in [-0.3, -0.25) is 0 Å². The Morgan fingerprint density at radius 1 is 1.10 bits per heavy atom. The molecule has 1 heterocycles. The summed E-state index contributed by atoms with van der Waals surface area (Å²) in [6, 6.07) is 19.0. The van der Waals surface area contributed by atoms with Crippen LogP contribution in [0.5, 0.6) is 5.75 Å². The monoisotopic (exact) mass is 268 g/mol. The van der Waals surface area contributed by atoms with Gasteiger partial charge in [0.05, 0.1) is 13.2 Å². The Hall–Kier alpha value is -1.80. The lowest BCUT2D eigenvalue weighted by molar-refractivity contribution is 0.104. The molecule has 2 aromatic carbocycles. The van der Waals surface area contributed by atoms with Gasteiger partial charge < -0.3 is 9.47 Å². The number of ether oxygens (including phenoxy) is 2. The summed E-state index contributed by atoms with van der Waals surface area (Å²) in [7, 11) is 1.71. The first-order chi connectivity index (χ1) is 9.86. The molecule has 20 heavy (non-hydrogen) atoms. The quantitative estimate of drug-likeness (QED) is 0.839. The fourth-order valence-electron chi connectivity index (χ4n) is 2.96. The van der Waals surface area contributed by atoms with Crippen LogP contribution in [0, 0.1) is 0 Å². The molecule has 2 aromatic rings. The van der Waals surface area contributed by atoms with Crippen LogP contribution in [0.4, 0.5) is 0 Å². The normalized spacial score (nSPS) is 21.9. The van der Waals surface area contributed by atoms with Gasteiger partial charge in [-0.05, 0) is 36.1 Å². The van der Waals surface area contributed by atoms with Gasteiger partial charge in [0.2, 0.25) is 0 Å². The summed E-state index contributed by atoms with van der Waals surface area (Å²) in [6.45, 7) is 0.855. The van der Waals surface area contributed by atoms with Gasteiger partial charge in [-0.2, -0.15) is 0 Å². The fourth-order valence-corrected chi connectivity index (χ4v) is 2.96. The van der Waals surface area contributed by atoms with E-state index in [9.17, 15) is 0 Å². The Morgan fingerprint density at radius 3 is 2.75 bits per heavy atom. The fraction of sp³-hybridized carbons (Fsp3) is 0.333. The van der Waals surface area contributed by atoms with E-state index < -0.39 is 0 Å². The van der Waals surface area contributed by atoms with E-state index in [0.717, 1.165) is 25.2 Å². The molecule has 104 valence electrons. The highest BCUT2D eigenvalue weighted by molar-refractivity contribution is 5.30. The van der Waals surface area contributed by atoms with Crippen LogP contribution in [0.25, 0.3) is 0 Å². The van der Waals surface area contributed by atoms with Gasteiger partial charge in [-0.1, -0.05) is 42.5 Å². The second-order valence-corrected chi connectivity index (χ2v) is 5.27. The minimum atomic E-state index is 0.268. The highest BCUT2D eigenvalue weighted by atomic mass is 16.5. The number of benzene rings is 2. The second kappa shape index (κ2) is 6.10. The molecular formula is C18H20O2. The molecule has 0 N–H and O–H groups in total. The van der Waals surface area contributed by atoms with Crippen LogP contribution in [-0.2, 0) is 11.2 Å². The van der Waals surface area contributed by atoms with Crippen molar-refractivity contribution in [1.82, 2.24) is 0 Å². The zero-order valence-electron chi connectivity index (χ0n) is 11.8. The Labute approximate surface area is 120 Å². The summed E-state index contributed by atoms with van der Waals surface area (Å²) in [6.07, 6.45) is 2.32. The molecular weight excluding hydrogens is 248 g/mol. The molecule has 0 spiro atoms. The van der Waals surface area contributed by atoms with Crippen molar-refractivity contribution in [3.05, 3.63) is 65.7 Å². The maximum Gasteiger partial charge on any atom is 0.119 e. The van der Waals surface area contributed by atoms with Crippen LogP contribution >= 0.6 is 0 Å². The molecule has 1 aliphatic heterocycles. The average Bonchev–Trinajstić information content (AvgIpc) is 2.96. The highest BCUT2D eigenvalue weighted by Crippen LogP contribution is 2.33. The molecule has 0 radical (unpaired) electrons. The summed E-state index contributed by atoms with van der Waals surface area (Å²) in [5, 5.41) is 0. The molecule has 0 aliphatic carbocycles. The van der Waals surface area contributed by atoms with Crippen molar-refractivity contribution in [3.63, 3.8) is 0 Å². The predicted molar refractivity (Wildman–Crippen MR) is 80.2 cm³/mol. The van der Waals surface area contributed by atoms with Crippen molar-refractivity contribution in [1.29, 1.82) is 0 Å². The molecule has 0 amide bonds. The van der Waals surface area contributed by atoms with E-state index in [1.54, 1.807) is 7.11 Å². The lowest BCUT2D eigenvalue weighted by Gasteiger charge is -2.19. The van der Waals surface area contributed by atoms with Gasteiger partial charge in [-0.15, -0.1) is 0 Å². The highest BCUT2D eigenvalue weighted by Gasteiger charge is 2.29. The number of hydrogen-bond donors (Lipinski definition) is 0. The average molecular weight is 268 g/mol. The number of rotatable bonds is 4. The molecule has 2 nitrogen and oxygen atoms in total. The Balaban J connectivity index is 1.76. The third kappa shape index (κ3) is 2.86. The molecule has 2 heteroatoms. The van der Waals surface area contributed by atoms with E-state index in [1.807, 2.05) is 12.1 Å². The van der Waals surface area contributed by atoms with Crippen molar-refractivity contribution in [2.45, 2.75) is 24.9 Å². The molecule has 0 aromatic heterocycles. The van der Waals surface area contributed by atoms with E-state index in [-0.39, 0.29) is 6.10 Å². The second-order valence-electron chi connectivity index (χ2n) is 5.27. The molecule has 1 fully saturated rings. The molecule has 3 rings (SSSR count). The van der Waals surface area contributed by atoms with Crippen LogP contribution in [0.3, 0.4) is 0 Å². The van der Waals surface area contributed by atoms with Crippen LogP contribution in [0.1, 0.15) is 23.5 Å². The minimum absolute atomic E-state index is 0.268. The van der Waals surface area contributed by atoms with Gasteiger partial charge in [-0.25, -0.2) is 0 Å². The van der Waals surface area contributed by atoms with E-state index in [1.165, 1.54) is 11.1 Å². The number of hydrogen-bond acceptors (Lipinski definition) is 2. The molecule has 1 saturated heterocycles. The summed E-state index contributed by atoms with van der Waals surface area (Å²) in [5.41, 5.74) is 2.66. The zero-order chi connectivity index (χ0) is 13.8. The summed E-state index contributed by atoms with van der Waals surface area (Å²) >= 11 is 0. The Kier molecular flexibility index (Phi) is 4.03. The van der Waals surface area contributed by atoms with Gasteiger partial charge >= 0.3 is 0 Å². The van der Waals surface area contributed by atoms with Gasteiger partial charge in [0.25, 0.3) is 0 Å². The lowest BCUT2D eigenvalue weighted by atomic mass is 9.89. The van der Waals surface area contributed by atoms with Crippen molar-refractivity contribution >= 4 is 0 Å². The smallest absolute Gasteiger partial charge is 0.119 e. The summed E-state index contributed by atoms with van der Waals surface area (Å²) in [4.78, 5) is 0. The van der Waals surface area contributed by atoms with Crippen LogP contribution in [-0.4, -0.2) is 19.8 Å². The van der Waals surface area contributed by atoms with E-state index in [4.69, 9.17) is 9.47 Å². The van der Waals surface area contributed by atoms with Gasteiger partial charge in [0.1, 0.15) is 5.75 Å². The first-order valence-corrected chi connectivity index (χ1v) is 7.16. The maximum atomic E-state index is 5.96. The third-order valence-corrected chi connectivity index (χ3v) is 4.01. The SMILES string of the molecule is COc1cccc(C[C@@H]2OCC[C@H]2c2ccccc2)c1. The molecule has 0 saturated carbocycles. The standard InChI is InChI=1S/C18H20O2/c1-19-16-9-5-6-14(12-16)13-18-17(10-11-20-18)15-7-3-2-4-8-15/h2-9,12,17-18H,10-11,13H2,1H3/t17-,18-/m0/s1. The van der Waals surface area contributed by atoms with Crippen molar-refractivity contribution < 1.29 is 9.47 Å². The van der Waals surface area contributed by atoms with Gasteiger partial charge in [0.15, 0.2) is 0 Å². The van der Waals surface area contributed by atoms with Gasteiger partial charge in [0, 0.05) is 12.5 Å². The third-order valence-electron chi connectivity index (χ3n) is 4.01. The topological polar surface area (TPSA) is 18.5 Å². The Bertz CT molecular complexity index is 550. The first kappa shape index (κ1) is 13.2. The van der Waals surface area contributed by atoms with Crippen molar-refractivity contribution in [3.8, 4) is 5.75 Å². The lowest BCUT2D eigenvalue weighted by Crippen LogP contribution is -2.17. The first-order valence-electron chi connectivity index (χ1n) is 7.16. The van der Waals surface area contributed by atoms with Crippen LogP contribution < -0.4 is 4.74 Å². The molecule has 0 bridgehead atoms. The van der Waals surface area contributed by atoms with Crippen molar-refractivity contribution in [2.75, 3.05) is 13.7 Å². The van der Waals surface area contributed by atoms with Crippen LogP contribution in [0.15, 0.2) is 54.6 Å². The number of methoxy groups -OCH3 is 1. The molecule has 2 atom stereocenters. The van der Waals surface area contributed by atoms with Crippen LogP contribution in [0.2, 0.25) is 0 Å². The van der Waals surface area contributed by atoms with E-state index >= 15 is 0 Å². The minimum Gasteiger partial charge on any atom is -0.497 e. The Morgan fingerprint density at radius 2 is 1.95 bits per heavy atom. The summed E-state index contributed by atoms with van der Waals surface area (Å²) in [5.74, 6) is 1.42.